The van der Waals surface area contributed by atoms with Gasteiger partial charge in [0.05, 0.1) is 6.04 Å². The van der Waals surface area contributed by atoms with E-state index in [9.17, 15) is 9.90 Å². The Labute approximate surface area is 124 Å². The summed E-state index contributed by atoms with van der Waals surface area (Å²) < 4.78 is 2.09. The van der Waals surface area contributed by atoms with Crippen molar-refractivity contribution in [2.24, 2.45) is 0 Å². The molecule has 0 aliphatic heterocycles. The fourth-order valence-electron chi connectivity index (χ4n) is 2.58. The highest BCUT2D eigenvalue weighted by Gasteiger charge is 2.28. The van der Waals surface area contributed by atoms with Gasteiger partial charge in [0.25, 0.3) is 5.91 Å². The highest BCUT2D eigenvalue weighted by Crippen LogP contribution is 2.36. The van der Waals surface area contributed by atoms with Gasteiger partial charge in [-0.3, -0.25) is 4.79 Å². The molecule has 1 aromatic heterocycles. The van der Waals surface area contributed by atoms with E-state index in [-0.39, 0.29) is 17.7 Å². The fraction of sp³-hybridized carbons (Fsp3) is 0.353. The van der Waals surface area contributed by atoms with E-state index < -0.39 is 0 Å². The summed E-state index contributed by atoms with van der Waals surface area (Å²) in [5.41, 5.74) is 1.76. The van der Waals surface area contributed by atoms with Crippen molar-refractivity contribution >= 4 is 5.91 Å². The Kier molecular flexibility index (Phi) is 3.45. The van der Waals surface area contributed by atoms with Crippen molar-refractivity contribution < 1.29 is 9.90 Å². The van der Waals surface area contributed by atoms with Gasteiger partial charge in [-0.05, 0) is 49.6 Å². The lowest BCUT2D eigenvalue weighted by Crippen LogP contribution is -2.31. The molecular formula is C17H20N2O2. The van der Waals surface area contributed by atoms with E-state index in [2.05, 4.69) is 4.57 Å². The smallest absolute Gasteiger partial charge is 0.270 e. The van der Waals surface area contributed by atoms with Gasteiger partial charge in [-0.1, -0.05) is 12.1 Å². The van der Waals surface area contributed by atoms with Crippen molar-refractivity contribution in [2.75, 3.05) is 7.05 Å². The number of phenols is 1. The molecule has 21 heavy (non-hydrogen) atoms. The maximum Gasteiger partial charge on any atom is 0.270 e. The number of aromatic hydroxyl groups is 1. The molecule has 1 aromatic carbocycles. The molecule has 1 aliphatic carbocycles. The molecular weight excluding hydrogens is 264 g/mol. The van der Waals surface area contributed by atoms with Gasteiger partial charge in [-0.25, -0.2) is 0 Å². The molecule has 2 aromatic rings. The van der Waals surface area contributed by atoms with Gasteiger partial charge in [0.1, 0.15) is 11.4 Å². The summed E-state index contributed by atoms with van der Waals surface area (Å²) in [5, 5.41) is 9.36. The molecule has 1 atom stereocenters. The average Bonchev–Trinajstić information content (AvgIpc) is 3.23. The first kappa shape index (κ1) is 13.7. The molecule has 1 saturated carbocycles. The molecule has 4 heteroatoms. The van der Waals surface area contributed by atoms with E-state index in [1.165, 1.54) is 0 Å². The van der Waals surface area contributed by atoms with Crippen LogP contribution in [0.3, 0.4) is 0 Å². The Hall–Kier alpha value is -2.23. The van der Waals surface area contributed by atoms with E-state index in [0.29, 0.717) is 6.04 Å². The molecule has 1 unspecified atom stereocenters. The molecule has 0 radical (unpaired) electrons. The Bertz CT molecular complexity index is 641. The molecule has 3 rings (SSSR count). The summed E-state index contributed by atoms with van der Waals surface area (Å²) in [6.45, 7) is 1.99. The van der Waals surface area contributed by atoms with Crippen molar-refractivity contribution in [1.29, 1.82) is 0 Å². The zero-order valence-electron chi connectivity index (χ0n) is 12.4. The Balaban J connectivity index is 1.80. The Morgan fingerprint density at radius 2 is 1.95 bits per heavy atom. The first-order valence-corrected chi connectivity index (χ1v) is 7.31. The van der Waals surface area contributed by atoms with Crippen molar-refractivity contribution in [3.8, 4) is 5.75 Å². The van der Waals surface area contributed by atoms with Gasteiger partial charge in [0.15, 0.2) is 0 Å². The molecule has 1 heterocycles. The van der Waals surface area contributed by atoms with Crippen LogP contribution in [0.2, 0.25) is 0 Å². The maximum atomic E-state index is 12.7. The molecule has 0 bridgehead atoms. The molecule has 1 aliphatic rings. The van der Waals surface area contributed by atoms with Crippen LogP contribution >= 0.6 is 0 Å². The largest absolute Gasteiger partial charge is 0.508 e. The van der Waals surface area contributed by atoms with E-state index in [1.807, 2.05) is 44.4 Å². The minimum Gasteiger partial charge on any atom is -0.508 e. The lowest BCUT2D eigenvalue weighted by Gasteiger charge is -2.26. The molecule has 0 spiro atoms. The number of carbonyl (C=O) groups excluding carboxylic acids is 1. The minimum absolute atomic E-state index is 0.0347. The fourth-order valence-corrected chi connectivity index (χ4v) is 2.58. The monoisotopic (exact) mass is 284 g/mol. The van der Waals surface area contributed by atoms with Crippen LogP contribution < -0.4 is 0 Å². The first-order valence-electron chi connectivity index (χ1n) is 7.31. The maximum absolute atomic E-state index is 12.7. The highest BCUT2D eigenvalue weighted by molar-refractivity contribution is 5.93. The normalized spacial score (nSPS) is 15.7. The predicted octanol–water partition coefficient (Wildman–Crippen LogP) is 3.36. The lowest BCUT2D eigenvalue weighted by atomic mass is 10.1. The molecule has 1 amide bonds. The molecule has 4 nitrogen and oxygen atoms in total. The van der Waals surface area contributed by atoms with Crippen LogP contribution in [0.4, 0.5) is 0 Å². The summed E-state index contributed by atoms with van der Waals surface area (Å²) in [6.07, 6.45) is 4.31. The number of aromatic nitrogens is 1. The van der Waals surface area contributed by atoms with Crippen molar-refractivity contribution in [3.63, 3.8) is 0 Å². The van der Waals surface area contributed by atoms with Crippen LogP contribution in [0.5, 0.6) is 5.75 Å². The van der Waals surface area contributed by atoms with Crippen LogP contribution in [0.25, 0.3) is 0 Å². The number of hydrogen-bond donors (Lipinski definition) is 1. The van der Waals surface area contributed by atoms with Crippen molar-refractivity contribution in [1.82, 2.24) is 9.47 Å². The summed E-state index contributed by atoms with van der Waals surface area (Å²) in [6, 6.07) is 11.3. The molecule has 0 saturated heterocycles. The first-order chi connectivity index (χ1) is 10.1. The summed E-state index contributed by atoms with van der Waals surface area (Å²) in [5.74, 6) is 0.273. The van der Waals surface area contributed by atoms with Crippen LogP contribution in [0, 0.1) is 0 Å². The number of amides is 1. The average molecular weight is 284 g/mol. The summed E-state index contributed by atoms with van der Waals surface area (Å²) in [7, 11) is 1.82. The number of hydrogen-bond acceptors (Lipinski definition) is 2. The van der Waals surface area contributed by atoms with Gasteiger partial charge in [-0.15, -0.1) is 0 Å². The second-order valence-corrected chi connectivity index (χ2v) is 5.72. The van der Waals surface area contributed by atoms with E-state index in [1.54, 1.807) is 17.0 Å². The highest BCUT2D eigenvalue weighted by atomic mass is 16.3. The predicted molar refractivity (Wildman–Crippen MR) is 81.3 cm³/mol. The van der Waals surface area contributed by atoms with Crippen LogP contribution in [-0.4, -0.2) is 27.5 Å². The van der Waals surface area contributed by atoms with Crippen LogP contribution in [-0.2, 0) is 0 Å². The second-order valence-electron chi connectivity index (χ2n) is 5.72. The third-order valence-corrected chi connectivity index (χ3v) is 4.22. The van der Waals surface area contributed by atoms with Gasteiger partial charge < -0.3 is 14.6 Å². The topological polar surface area (TPSA) is 45.5 Å². The molecule has 1 N–H and O–H groups in total. The quantitative estimate of drug-likeness (QED) is 0.935. The molecule has 1 fully saturated rings. The van der Waals surface area contributed by atoms with E-state index >= 15 is 0 Å². The lowest BCUT2D eigenvalue weighted by molar-refractivity contribution is 0.0731. The third-order valence-electron chi connectivity index (χ3n) is 4.22. The molecule has 110 valence electrons. The third kappa shape index (κ3) is 2.66. The Morgan fingerprint density at radius 3 is 2.57 bits per heavy atom. The van der Waals surface area contributed by atoms with Crippen LogP contribution in [0.15, 0.2) is 42.6 Å². The van der Waals surface area contributed by atoms with E-state index in [0.717, 1.165) is 24.1 Å². The number of phenolic OH excluding ortho intramolecular Hbond substituents is 1. The van der Waals surface area contributed by atoms with E-state index in [4.69, 9.17) is 0 Å². The zero-order chi connectivity index (χ0) is 15.0. The minimum atomic E-state index is -0.0411. The zero-order valence-corrected chi connectivity index (χ0v) is 12.4. The van der Waals surface area contributed by atoms with Gasteiger partial charge in [-0.2, -0.15) is 0 Å². The number of nitrogens with zero attached hydrogens (tertiary/aromatic N) is 2. The summed E-state index contributed by atoms with van der Waals surface area (Å²) in [4.78, 5) is 14.4. The SMILES string of the molecule is CC(c1ccc(O)cc1)N(C)C(=O)c1cccn1C1CC1. The number of benzene rings is 1. The number of rotatable bonds is 4. The van der Waals surface area contributed by atoms with Gasteiger partial charge >= 0.3 is 0 Å². The Morgan fingerprint density at radius 1 is 1.29 bits per heavy atom. The summed E-state index contributed by atoms with van der Waals surface area (Å²) >= 11 is 0. The second kappa shape index (κ2) is 5.28. The van der Waals surface area contributed by atoms with Crippen LogP contribution in [0.1, 0.15) is 47.9 Å². The number of carbonyl (C=O) groups is 1. The van der Waals surface area contributed by atoms with Gasteiger partial charge in [0.2, 0.25) is 0 Å². The van der Waals surface area contributed by atoms with Crippen molar-refractivity contribution in [3.05, 3.63) is 53.9 Å². The van der Waals surface area contributed by atoms with Crippen molar-refractivity contribution in [2.45, 2.75) is 31.8 Å². The van der Waals surface area contributed by atoms with Gasteiger partial charge in [0, 0.05) is 19.3 Å². The standard InChI is InChI=1S/C17H20N2O2/c1-12(13-5-9-15(20)10-6-13)18(2)17(21)16-4-3-11-19(16)14-7-8-14/h3-6,9-12,14,20H,7-8H2,1-2H3.